The lowest BCUT2D eigenvalue weighted by Gasteiger charge is -2.18. The topological polar surface area (TPSA) is 113 Å². The van der Waals surface area contributed by atoms with Crippen LogP contribution in [0.2, 0.25) is 0 Å². The van der Waals surface area contributed by atoms with E-state index in [-0.39, 0.29) is 24.6 Å². The third-order valence-electron chi connectivity index (χ3n) is 2.45. The van der Waals surface area contributed by atoms with Crippen LogP contribution in [0, 0.1) is 0 Å². The zero-order valence-corrected chi connectivity index (χ0v) is 11.9. The van der Waals surface area contributed by atoms with Crippen molar-refractivity contribution in [2.75, 3.05) is 25.0 Å². The molecule has 0 aromatic carbocycles. The van der Waals surface area contributed by atoms with Crippen molar-refractivity contribution in [3.05, 3.63) is 17.0 Å². The predicted molar refractivity (Wildman–Crippen MR) is 75.8 cm³/mol. The highest BCUT2D eigenvalue weighted by molar-refractivity contribution is 7.14. The molecule has 1 heterocycles. The van der Waals surface area contributed by atoms with Gasteiger partial charge in [0.2, 0.25) is 5.91 Å². The molecule has 0 aliphatic carbocycles. The van der Waals surface area contributed by atoms with Crippen molar-refractivity contribution in [2.45, 2.75) is 13.3 Å². The average molecular weight is 299 g/mol. The number of nitrogens with zero attached hydrogens (tertiary/aromatic N) is 1. The number of hydrogen-bond acceptors (Lipinski definition) is 5. The molecule has 0 saturated heterocycles. The van der Waals surface area contributed by atoms with Crippen LogP contribution in [0.4, 0.5) is 5.00 Å². The monoisotopic (exact) mass is 299 g/mol. The van der Waals surface area contributed by atoms with Crippen molar-refractivity contribution in [1.82, 2.24) is 4.90 Å². The van der Waals surface area contributed by atoms with E-state index < -0.39 is 11.9 Å². The van der Waals surface area contributed by atoms with E-state index in [1.807, 2.05) is 6.92 Å². The Hall–Kier alpha value is -1.93. The number of carbonyl (C=O) groups excluding carboxylic acids is 2. The number of aliphatic carboxylic acids is 1. The molecule has 2 amide bonds. The maximum absolute atomic E-state index is 11.9. The number of nitrogens with one attached hydrogen (secondary N) is 1. The van der Waals surface area contributed by atoms with Crippen LogP contribution in [0.1, 0.15) is 23.7 Å². The molecule has 110 valence electrons. The molecule has 0 bridgehead atoms. The molecule has 0 radical (unpaired) electrons. The van der Waals surface area contributed by atoms with E-state index in [9.17, 15) is 14.4 Å². The van der Waals surface area contributed by atoms with Gasteiger partial charge in [-0.1, -0.05) is 6.92 Å². The number of carboxylic acids is 1. The second-order valence-electron chi connectivity index (χ2n) is 4.18. The number of primary amides is 1. The van der Waals surface area contributed by atoms with Gasteiger partial charge in [-0.15, -0.1) is 11.3 Å². The fourth-order valence-electron chi connectivity index (χ4n) is 1.69. The molecule has 0 unspecified atom stereocenters. The highest BCUT2D eigenvalue weighted by atomic mass is 32.1. The molecule has 8 heteroatoms. The molecular weight excluding hydrogens is 282 g/mol. The molecular formula is C12H17N3O4S. The molecule has 0 aliphatic heterocycles. The van der Waals surface area contributed by atoms with Gasteiger partial charge in [-0.05, 0) is 24.4 Å². The standard InChI is InChI=1S/C12H17N3O4S/c1-2-4-15(7-10(17)18)6-9(16)14-12-8(11(13)19)3-5-20-12/h3,5H,2,4,6-7H2,1H3,(H2,13,19)(H,14,16)(H,17,18). The summed E-state index contributed by atoms with van der Waals surface area (Å²) in [7, 11) is 0. The van der Waals surface area contributed by atoms with Gasteiger partial charge in [0, 0.05) is 0 Å². The van der Waals surface area contributed by atoms with Gasteiger partial charge in [-0.25, -0.2) is 0 Å². The minimum absolute atomic E-state index is 0.0454. The Morgan fingerprint density at radius 1 is 1.40 bits per heavy atom. The summed E-state index contributed by atoms with van der Waals surface area (Å²) in [5, 5.41) is 13.4. The van der Waals surface area contributed by atoms with Crippen molar-refractivity contribution in [3.63, 3.8) is 0 Å². The van der Waals surface area contributed by atoms with Crippen molar-refractivity contribution >= 4 is 34.1 Å². The lowest BCUT2D eigenvalue weighted by atomic mass is 10.3. The third kappa shape index (κ3) is 4.98. The number of hydrogen-bond donors (Lipinski definition) is 3. The van der Waals surface area contributed by atoms with Crippen LogP contribution in [-0.4, -0.2) is 47.4 Å². The molecule has 1 rings (SSSR count). The zero-order chi connectivity index (χ0) is 15.1. The van der Waals surface area contributed by atoms with Crippen LogP contribution in [0.15, 0.2) is 11.4 Å². The summed E-state index contributed by atoms with van der Waals surface area (Å²) in [4.78, 5) is 35.2. The Labute approximate surface area is 120 Å². The highest BCUT2D eigenvalue weighted by Crippen LogP contribution is 2.22. The van der Waals surface area contributed by atoms with E-state index in [0.29, 0.717) is 11.5 Å². The van der Waals surface area contributed by atoms with Crippen LogP contribution in [0.5, 0.6) is 0 Å². The molecule has 0 atom stereocenters. The third-order valence-corrected chi connectivity index (χ3v) is 3.28. The minimum Gasteiger partial charge on any atom is -0.480 e. The number of nitrogens with two attached hydrogens (primary N) is 1. The SMILES string of the molecule is CCCN(CC(=O)O)CC(=O)Nc1sccc1C(N)=O. The smallest absolute Gasteiger partial charge is 0.317 e. The molecule has 1 aromatic heterocycles. The van der Waals surface area contributed by atoms with Crippen molar-refractivity contribution in [1.29, 1.82) is 0 Å². The first-order chi connectivity index (χ1) is 9.43. The molecule has 20 heavy (non-hydrogen) atoms. The Bertz CT molecular complexity index is 501. The van der Waals surface area contributed by atoms with Gasteiger partial charge in [0.05, 0.1) is 18.7 Å². The van der Waals surface area contributed by atoms with Gasteiger partial charge in [-0.2, -0.15) is 0 Å². The van der Waals surface area contributed by atoms with Crippen LogP contribution < -0.4 is 11.1 Å². The normalized spacial score (nSPS) is 10.5. The first-order valence-electron chi connectivity index (χ1n) is 6.05. The average Bonchev–Trinajstić information content (AvgIpc) is 2.76. The maximum Gasteiger partial charge on any atom is 0.317 e. The Balaban J connectivity index is 2.63. The summed E-state index contributed by atoms with van der Waals surface area (Å²) in [5.41, 5.74) is 5.43. The number of rotatable bonds is 8. The summed E-state index contributed by atoms with van der Waals surface area (Å²) in [6, 6.07) is 1.53. The van der Waals surface area contributed by atoms with Gasteiger partial charge in [-0.3, -0.25) is 19.3 Å². The highest BCUT2D eigenvalue weighted by Gasteiger charge is 2.16. The molecule has 0 aliphatic rings. The Morgan fingerprint density at radius 3 is 2.65 bits per heavy atom. The lowest BCUT2D eigenvalue weighted by Crippen LogP contribution is -2.37. The van der Waals surface area contributed by atoms with Crippen LogP contribution >= 0.6 is 11.3 Å². The van der Waals surface area contributed by atoms with Crippen LogP contribution in [0.25, 0.3) is 0 Å². The summed E-state index contributed by atoms with van der Waals surface area (Å²) in [6.45, 7) is 2.16. The van der Waals surface area contributed by atoms with Gasteiger partial charge >= 0.3 is 5.97 Å². The van der Waals surface area contributed by atoms with Gasteiger partial charge in [0.15, 0.2) is 0 Å². The van der Waals surface area contributed by atoms with Crippen molar-refractivity contribution in [2.24, 2.45) is 5.73 Å². The summed E-state index contributed by atoms with van der Waals surface area (Å²) in [5.74, 6) is -1.97. The number of thiophene rings is 1. The molecule has 0 spiro atoms. The minimum atomic E-state index is -0.986. The van der Waals surface area contributed by atoms with E-state index in [2.05, 4.69) is 5.32 Å². The maximum atomic E-state index is 11.9. The molecule has 0 fully saturated rings. The molecule has 1 aromatic rings. The second kappa shape index (κ2) is 7.61. The van der Waals surface area contributed by atoms with Crippen molar-refractivity contribution < 1.29 is 19.5 Å². The van der Waals surface area contributed by atoms with Gasteiger partial charge < -0.3 is 16.2 Å². The number of amides is 2. The van der Waals surface area contributed by atoms with Crippen LogP contribution in [0.3, 0.4) is 0 Å². The summed E-state index contributed by atoms with van der Waals surface area (Å²) >= 11 is 1.19. The Kier molecular flexibility index (Phi) is 6.13. The van der Waals surface area contributed by atoms with E-state index in [0.717, 1.165) is 6.42 Å². The van der Waals surface area contributed by atoms with Crippen molar-refractivity contribution in [3.8, 4) is 0 Å². The quantitative estimate of drug-likeness (QED) is 0.650. The number of carboxylic acid groups (broad SMARTS) is 1. The first-order valence-corrected chi connectivity index (χ1v) is 6.93. The first kappa shape index (κ1) is 16.1. The molecule has 7 nitrogen and oxygen atoms in total. The van der Waals surface area contributed by atoms with Crippen LogP contribution in [-0.2, 0) is 9.59 Å². The van der Waals surface area contributed by atoms with E-state index in [4.69, 9.17) is 10.8 Å². The number of anilines is 1. The Morgan fingerprint density at radius 2 is 2.10 bits per heavy atom. The fraction of sp³-hybridized carbons (Fsp3) is 0.417. The predicted octanol–water partition coefficient (Wildman–Crippen LogP) is 0.582. The zero-order valence-electron chi connectivity index (χ0n) is 11.1. The summed E-state index contributed by atoms with van der Waals surface area (Å²) in [6.07, 6.45) is 0.742. The van der Waals surface area contributed by atoms with Gasteiger partial charge in [0.1, 0.15) is 5.00 Å². The van der Waals surface area contributed by atoms with E-state index >= 15 is 0 Å². The lowest BCUT2D eigenvalue weighted by molar-refractivity contribution is -0.138. The second-order valence-corrected chi connectivity index (χ2v) is 5.10. The van der Waals surface area contributed by atoms with Gasteiger partial charge in [0.25, 0.3) is 5.91 Å². The largest absolute Gasteiger partial charge is 0.480 e. The molecule has 4 N–H and O–H groups in total. The van der Waals surface area contributed by atoms with E-state index in [1.165, 1.54) is 22.3 Å². The number of carbonyl (C=O) groups is 3. The molecule has 0 saturated carbocycles. The summed E-state index contributed by atoms with van der Waals surface area (Å²) < 4.78 is 0. The fourth-order valence-corrected chi connectivity index (χ4v) is 2.50. The van der Waals surface area contributed by atoms with E-state index in [1.54, 1.807) is 5.38 Å².